The van der Waals surface area contributed by atoms with Crippen LogP contribution in [0.2, 0.25) is 0 Å². The summed E-state index contributed by atoms with van der Waals surface area (Å²) in [7, 11) is 0. The Morgan fingerprint density at radius 2 is 2.36 bits per heavy atom. The molecule has 3 nitrogen and oxygen atoms in total. The molecule has 0 saturated heterocycles. The zero-order valence-corrected chi connectivity index (χ0v) is 6.16. The lowest BCUT2D eigenvalue weighted by molar-refractivity contribution is 0.548. The molecule has 0 saturated carbocycles. The number of hydrogen-bond acceptors (Lipinski definition) is 2. The van der Waals surface area contributed by atoms with Crippen molar-refractivity contribution in [2.75, 3.05) is 0 Å². The first-order valence-electron chi connectivity index (χ1n) is 3.42. The molecule has 2 rings (SSSR count). The van der Waals surface area contributed by atoms with E-state index in [1.165, 1.54) is 0 Å². The average Bonchev–Trinajstić information content (AvgIpc) is 2.55. The highest BCUT2D eigenvalue weighted by atomic mass is 16.3. The van der Waals surface area contributed by atoms with Crippen molar-refractivity contribution in [2.24, 2.45) is 0 Å². The molecule has 0 amide bonds. The van der Waals surface area contributed by atoms with E-state index < -0.39 is 0 Å². The quantitative estimate of drug-likeness (QED) is 0.671. The fourth-order valence-corrected chi connectivity index (χ4v) is 0.975. The number of aromatic amines is 1. The molecular formula is C8H8N2O. The highest BCUT2D eigenvalue weighted by Gasteiger charge is 2.01. The second-order valence-electron chi connectivity index (χ2n) is 2.40. The highest BCUT2D eigenvalue weighted by molar-refractivity contribution is 5.54. The van der Waals surface area contributed by atoms with Crippen LogP contribution in [0.1, 0.15) is 5.76 Å². The molecule has 0 bridgehead atoms. The molecule has 2 aromatic heterocycles. The minimum atomic E-state index is 0.858. The molecule has 1 N–H and O–H groups in total. The molecule has 0 unspecified atom stereocenters. The number of aromatic nitrogens is 2. The molecule has 0 aliphatic rings. The van der Waals surface area contributed by atoms with Gasteiger partial charge in [0.25, 0.3) is 0 Å². The van der Waals surface area contributed by atoms with Crippen LogP contribution in [-0.4, -0.2) is 10.2 Å². The molecule has 0 atom stereocenters. The average molecular weight is 148 g/mol. The second kappa shape index (κ2) is 2.27. The summed E-state index contributed by atoms with van der Waals surface area (Å²) >= 11 is 0. The fourth-order valence-electron chi connectivity index (χ4n) is 0.975. The topological polar surface area (TPSA) is 41.8 Å². The van der Waals surface area contributed by atoms with E-state index in [0.717, 1.165) is 17.1 Å². The first kappa shape index (κ1) is 6.22. The number of H-pyrrole nitrogens is 1. The van der Waals surface area contributed by atoms with Gasteiger partial charge in [0.1, 0.15) is 11.5 Å². The predicted molar refractivity (Wildman–Crippen MR) is 41.0 cm³/mol. The largest absolute Gasteiger partial charge is 0.461 e. The van der Waals surface area contributed by atoms with Crippen LogP contribution >= 0.6 is 0 Å². The van der Waals surface area contributed by atoms with Crippen molar-refractivity contribution in [1.29, 1.82) is 0 Å². The predicted octanol–water partition coefficient (Wildman–Crippen LogP) is 1.98. The van der Waals surface area contributed by atoms with Gasteiger partial charge in [-0.25, -0.2) is 0 Å². The number of furan rings is 1. The Labute approximate surface area is 64.0 Å². The van der Waals surface area contributed by atoms with Crippen LogP contribution in [0.5, 0.6) is 0 Å². The van der Waals surface area contributed by atoms with Crippen LogP contribution in [0.15, 0.2) is 28.9 Å². The van der Waals surface area contributed by atoms with Gasteiger partial charge in [-0.2, -0.15) is 5.10 Å². The fraction of sp³-hybridized carbons (Fsp3) is 0.125. The number of rotatable bonds is 1. The van der Waals surface area contributed by atoms with Crippen molar-refractivity contribution in [2.45, 2.75) is 6.92 Å². The molecule has 2 aromatic rings. The van der Waals surface area contributed by atoms with Crippen LogP contribution in [-0.2, 0) is 0 Å². The Kier molecular flexibility index (Phi) is 1.28. The van der Waals surface area contributed by atoms with Crippen molar-refractivity contribution in [1.82, 2.24) is 10.2 Å². The Morgan fingerprint density at radius 3 is 2.91 bits per heavy atom. The third-order valence-corrected chi connectivity index (χ3v) is 1.52. The van der Waals surface area contributed by atoms with E-state index in [0.29, 0.717) is 0 Å². The van der Waals surface area contributed by atoms with E-state index in [9.17, 15) is 0 Å². The Hall–Kier alpha value is -1.51. The zero-order valence-electron chi connectivity index (χ0n) is 6.16. The first-order chi connectivity index (χ1) is 5.36. The molecule has 0 spiro atoms. The molecule has 0 aliphatic heterocycles. The molecule has 11 heavy (non-hydrogen) atoms. The normalized spacial score (nSPS) is 10.3. The van der Waals surface area contributed by atoms with Gasteiger partial charge < -0.3 is 4.42 Å². The molecule has 0 radical (unpaired) electrons. The van der Waals surface area contributed by atoms with Gasteiger partial charge in [0, 0.05) is 6.20 Å². The van der Waals surface area contributed by atoms with Crippen LogP contribution in [0, 0.1) is 6.92 Å². The third-order valence-electron chi connectivity index (χ3n) is 1.52. The minimum Gasteiger partial charge on any atom is -0.461 e. The minimum absolute atomic E-state index is 0.858. The standard InChI is InChI=1S/C8H8N2O/c1-6-2-3-8(11-6)7-4-9-10-5-7/h2-5H,1H3,(H,9,10). The van der Waals surface area contributed by atoms with Gasteiger partial charge in [-0.1, -0.05) is 0 Å². The Morgan fingerprint density at radius 1 is 1.45 bits per heavy atom. The van der Waals surface area contributed by atoms with E-state index in [1.54, 1.807) is 12.4 Å². The van der Waals surface area contributed by atoms with Crippen molar-refractivity contribution in [3.8, 4) is 11.3 Å². The maximum absolute atomic E-state index is 5.37. The number of nitrogens with zero attached hydrogens (tertiary/aromatic N) is 1. The molecule has 2 heterocycles. The van der Waals surface area contributed by atoms with Crippen molar-refractivity contribution >= 4 is 0 Å². The van der Waals surface area contributed by atoms with E-state index in [4.69, 9.17) is 4.42 Å². The number of aryl methyl sites for hydroxylation is 1. The molecule has 0 aliphatic carbocycles. The molecule has 0 aromatic carbocycles. The molecular weight excluding hydrogens is 140 g/mol. The zero-order chi connectivity index (χ0) is 7.68. The van der Waals surface area contributed by atoms with Crippen LogP contribution in [0.25, 0.3) is 11.3 Å². The SMILES string of the molecule is Cc1ccc(-c2cn[nH]c2)o1. The van der Waals surface area contributed by atoms with Gasteiger partial charge in [-0.3, -0.25) is 5.10 Å². The summed E-state index contributed by atoms with van der Waals surface area (Å²) in [5, 5.41) is 6.55. The van der Waals surface area contributed by atoms with Gasteiger partial charge in [-0.15, -0.1) is 0 Å². The summed E-state index contributed by atoms with van der Waals surface area (Å²) in [4.78, 5) is 0. The van der Waals surface area contributed by atoms with Gasteiger partial charge >= 0.3 is 0 Å². The van der Waals surface area contributed by atoms with E-state index in [2.05, 4.69) is 10.2 Å². The van der Waals surface area contributed by atoms with Gasteiger partial charge in [-0.05, 0) is 19.1 Å². The van der Waals surface area contributed by atoms with E-state index in [-0.39, 0.29) is 0 Å². The van der Waals surface area contributed by atoms with Gasteiger partial charge in [0.2, 0.25) is 0 Å². The lowest BCUT2D eigenvalue weighted by Crippen LogP contribution is -1.63. The van der Waals surface area contributed by atoms with E-state index in [1.807, 2.05) is 19.1 Å². The van der Waals surface area contributed by atoms with Gasteiger partial charge in [0.15, 0.2) is 0 Å². The monoisotopic (exact) mass is 148 g/mol. The summed E-state index contributed by atoms with van der Waals surface area (Å²) in [6, 6.07) is 3.86. The third kappa shape index (κ3) is 1.05. The molecule has 0 fully saturated rings. The first-order valence-corrected chi connectivity index (χ1v) is 3.42. The van der Waals surface area contributed by atoms with E-state index >= 15 is 0 Å². The summed E-state index contributed by atoms with van der Waals surface area (Å²) in [6.45, 7) is 1.92. The second-order valence-corrected chi connectivity index (χ2v) is 2.40. The number of hydrogen-bond donors (Lipinski definition) is 1. The maximum atomic E-state index is 5.37. The Bertz CT molecular complexity index is 335. The van der Waals surface area contributed by atoms with Crippen molar-refractivity contribution in [3.63, 3.8) is 0 Å². The Balaban J connectivity index is 2.45. The lowest BCUT2D eigenvalue weighted by Gasteiger charge is -1.86. The summed E-state index contributed by atoms with van der Waals surface area (Å²) < 4.78 is 5.37. The molecule has 56 valence electrons. The summed E-state index contributed by atoms with van der Waals surface area (Å²) in [6.07, 6.45) is 3.54. The number of nitrogens with one attached hydrogen (secondary N) is 1. The van der Waals surface area contributed by atoms with Gasteiger partial charge in [0.05, 0.1) is 11.8 Å². The van der Waals surface area contributed by atoms with Crippen LogP contribution < -0.4 is 0 Å². The highest BCUT2D eigenvalue weighted by Crippen LogP contribution is 2.19. The smallest absolute Gasteiger partial charge is 0.137 e. The van der Waals surface area contributed by atoms with Crippen molar-refractivity contribution in [3.05, 3.63) is 30.3 Å². The molecule has 3 heteroatoms. The van der Waals surface area contributed by atoms with Crippen LogP contribution in [0.4, 0.5) is 0 Å². The summed E-state index contributed by atoms with van der Waals surface area (Å²) in [5.74, 6) is 1.78. The summed E-state index contributed by atoms with van der Waals surface area (Å²) in [5.41, 5.74) is 0.984. The van der Waals surface area contributed by atoms with Crippen LogP contribution in [0.3, 0.4) is 0 Å². The maximum Gasteiger partial charge on any atom is 0.137 e. The lowest BCUT2D eigenvalue weighted by atomic mass is 10.3. The van der Waals surface area contributed by atoms with Crippen molar-refractivity contribution < 1.29 is 4.42 Å².